The smallest absolute Gasteiger partial charge is 0.280 e. The minimum absolute atomic E-state index is 0.200. The number of amides is 1. The van der Waals surface area contributed by atoms with E-state index in [0.29, 0.717) is 39.8 Å². The average molecular weight is 352 g/mol. The Kier molecular flexibility index (Phi) is 4.93. The van der Waals surface area contributed by atoms with Crippen LogP contribution in [0.2, 0.25) is 0 Å². The Labute approximate surface area is 152 Å². The van der Waals surface area contributed by atoms with E-state index < -0.39 is 0 Å². The number of hydrogen-bond acceptors (Lipinski definition) is 5. The lowest BCUT2D eigenvalue weighted by molar-refractivity contribution is -0.114. The molecule has 0 aromatic heterocycles. The molecule has 0 spiro atoms. The lowest BCUT2D eigenvalue weighted by atomic mass is 10.0. The van der Waals surface area contributed by atoms with Gasteiger partial charge in [-0.15, -0.1) is 0 Å². The molecule has 0 atom stereocenters. The van der Waals surface area contributed by atoms with Gasteiger partial charge in [-0.05, 0) is 25.1 Å². The number of para-hydroxylation sites is 1. The van der Waals surface area contributed by atoms with Gasteiger partial charge in [0.1, 0.15) is 17.2 Å². The maximum atomic E-state index is 12.9. The van der Waals surface area contributed by atoms with Gasteiger partial charge in [0.25, 0.3) is 5.91 Å². The number of ether oxygens (including phenoxy) is 3. The molecule has 0 radical (unpaired) electrons. The first-order valence-electron chi connectivity index (χ1n) is 8.05. The maximum Gasteiger partial charge on any atom is 0.280 e. The van der Waals surface area contributed by atoms with Crippen molar-refractivity contribution in [2.45, 2.75) is 6.92 Å². The molecule has 2 aromatic rings. The Hall–Kier alpha value is -3.28. The summed E-state index contributed by atoms with van der Waals surface area (Å²) in [6, 6.07) is 12.8. The van der Waals surface area contributed by atoms with E-state index in [2.05, 4.69) is 5.10 Å². The van der Waals surface area contributed by atoms with Gasteiger partial charge in [-0.1, -0.05) is 18.2 Å². The standard InChI is InChI=1S/C20H20N2O4/c1-13-16(20(23)22(21-13)14-8-6-5-7-9-14)12-17-18(25-3)10-15(24-2)11-19(17)26-4/h5-12H,1-4H3/b16-12-. The zero-order chi connectivity index (χ0) is 18.7. The Bertz CT molecular complexity index is 863. The summed E-state index contributed by atoms with van der Waals surface area (Å²) in [7, 11) is 4.69. The van der Waals surface area contributed by atoms with Crippen molar-refractivity contribution in [2.75, 3.05) is 26.3 Å². The lowest BCUT2D eigenvalue weighted by Gasteiger charge is -2.14. The highest BCUT2D eigenvalue weighted by Crippen LogP contribution is 2.37. The normalized spacial score (nSPS) is 15.2. The first-order chi connectivity index (χ1) is 12.6. The van der Waals surface area contributed by atoms with Gasteiger partial charge in [0.15, 0.2) is 0 Å². The van der Waals surface area contributed by atoms with Crippen molar-refractivity contribution < 1.29 is 19.0 Å². The van der Waals surface area contributed by atoms with Gasteiger partial charge in [0, 0.05) is 12.1 Å². The molecule has 1 amide bonds. The van der Waals surface area contributed by atoms with Crippen molar-refractivity contribution in [2.24, 2.45) is 5.10 Å². The van der Waals surface area contributed by atoms with Crippen LogP contribution < -0.4 is 19.2 Å². The van der Waals surface area contributed by atoms with E-state index in [4.69, 9.17) is 14.2 Å². The molecular weight excluding hydrogens is 332 g/mol. The van der Waals surface area contributed by atoms with E-state index in [0.717, 1.165) is 0 Å². The van der Waals surface area contributed by atoms with Gasteiger partial charge in [0.05, 0.1) is 43.9 Å². The Balaban J connectivity index is 2.06. The van der Waals surface area contributed by atoms with E-state index in [1.54, 1.807) is 46.5 Å². The molecule has 0 saturated carbocycles. The minimum atomic E-state index is -0.200. The van der Waals surface area contributed by atoms with Crippen LogP contribution in [0.25, 0.3) is 6.08 Å². The second-order valence-corrected chi connectivity index (χ2v) is 5.64. The lowest BCUT2D eigenvalue weighted by Crippen LogP contribution is -2.21. The van der Waals surface area contributed by atoms with E-state index in [1.807, 2.05) is 30.3 Å². The number of hydrogen-bond donors (Lipinski definition) is 0. The van der Waals surface area contributed by atoms with Crippen LogP contribution in [0, 0.1) is 0 Å². The highest BCUT2D eigenvalue weighted by Gasteiger charge is 2.29. The predicted molar refractivity (Wildman–Crippen MR) is 101 cm³/mol. The van der Waals surface area contributed by atoms with Gasteiger partial charge in [-0.2, -0.15) is 10.1 Å². The van der Waals surface area contributed by atoms with Crippen LogP contribution in [-0.2, 0) is 4.79 Å². The molecule has 6 heteroatoms. The highest BCUT2D eigenvalue weighted by atomic mass is 16.5. The van der Waals surface area contributed by atoms with E-state index in [1.165, 1.54) is 5.01 Å². The van der Waals surface area contributed by atoms with Gasteiger partial charge in [-0.3, -0.25) is 4.79 Å². The van der Waals surface area contributed by atoms with Crippen molar-refractivity contribution in [3.63, 3.8) is 0 Å². The number of benzene rings is 2. The van der Waals surface area contributed by atoms with Crippen LogP contribution >= 0.6 is 0 Å². The second kappa shape index (κ2) is 7.31. The monoisotopic (exact) mass is 352 g/mol. The Morgan fingerprint density at radius 2 is 1.58 bits per heavy atom. The number of rotatable bonds is 5. The van der Waals surface area contributed by atoms with Crippen LogP contribution in [0.1, 0.15) is 12.5 Å². The molecule has 0 N–H and O–H groups in total. The Morgan fingerprint density at radius 1 is 0.962 bits per heavy atom. The molecule has 0 saturated heterocycles. The van der Waals surface area contributed by atoms with Crippen molar-refractivity contribution >= 4 is 23.4 Å². The van der Waals surface area contributed by atoms with Gasteiger partial charge >= 0.3 is 0 Å². The fourth-order valence-electron chi connectivity index (χ4n) is 2.75. The summed E-state index contributed by atoms with van der Waals surface area (Å²) in [5, 5.41) is 5.78. The summed E-state index contributed by atoms with van der Waals surface area (Å²) in [5.74, 6) is 1.50. The average Bonchev–Trinajstić information content (AvgIpc) is 2.96. The van der Waals surface area contributed by atoms with Crippen LogP contribution in [0.4, 0.5) is 5.69 Å². The number of nitrogens with zero attached hydrogens (tertiary/aromatic N) is 2. The number of carbonyl (C=O) groups is 1. The topological polar surface area (TPSA) is 60.4 Å². The fourth-order valence-corrected chi connectivity index (χ4v) is 2.75. The molecular formula is C20H20N2O4. The number of hydrazone groups is 1. The molecule has 26 heavy (non-hydrogen) atoms. The molecule has 0 bridgehead atoms. The number of anilines is 1. The summed E-state index contributed by atoms with van der Waals surface area (Å²) in [6.45, 7) is 1.80. The van der Waals surface area contributed by atoms with Gasteiger partial charge in [-0.25, -0.2) is 0 Å². The zero-order valence-electron chi connectivity index (χ0n) is 15.1. The molecule has 3 rings (SSSR count). The van der Waals surface area contributed by atoms with Crippen LogP contribution in [0.5, 0.6) is 17.2 Å². The fraction of sp³-hybridized carbons (Fsp3) is 0.200. The Morgan fingerprint density at radius 3 is 2.12 bits per heavy atom. The summed E-state index contributed by atoms with van der Waals surface area (Å²) in [4.78, 5) is 12.9. The summed E-state index contributed by atoms with van der Waals surface area (Å²) < 4.78 is 16.2. The molecule has 134 valence electrons. The van der Waals surface area contributed by atoms with E-state index >= 15 is 0 Å². The maximum absolute atomic E-state index is 12.9. The summed E-state index contributed by atoms with van der Waals surface area (Å²) >= 11 is 0. The van der Waals surface area contributed by atoms with Crippen LogP contribution in [0.3, 0.4) is 0 Å². The SMILES string of the molecule is COc1cc(OC)c(/C=C2\C(=O)N(c3ccccc3)N=C2C)c(OC)c1. The molecule has 0 aliphatic carbocycles. The van der Waals surface area contributed by atoms with Crippen molar-refractivity contribution in [1.82, 2.24) is 0 Å². The zero-order valence-corrected chi connectivity index (χ0v) is 15.1. The third-order valence-corrected chi connectivity index (χ3v) is 4.11. The second-order valence-electron chi connectivity index (χ2n) is 5.64. The number of carbonyl (C=O) groups excluding carboxylic acids is 1. The molecule has 1 heterocycles. The predicted octanol–water partition coefficient (Wildman–Crippen LogP) is 3.52. The largest absolute Gasteiger partial charge is 0.496 e. The quantitative estimate of drug-likeness (QED) is 0.773. The van der Waals surface area contributed by atoms with Crippen LogP contribution in [-0.4, -0.2) is 32.9 Å². The van der Waals surface area contributed by atoms with E-state index in [9.17, 15) is 4.79 Å². The first-order valence-corrected chi connectivity index (χ1v) is 8.05. The van der Waals surface area contributed by atoms with Crippen molar-refractivity contribution in [3.05, 3.63) is 53.6 Å². The number of methoxy groups -OCH3 is 3. The van der Waals surface area contributed by atoms with Gasteiger partial charge < -0.3 is 14.2 Å². The minimum Gasteiger partial charge on any atom is -0.496 e. The van der Waals surface area contributed by atoms with Crippen molar-refractivity contribution in [3.8, 4) is 17.2 Å². The van der Waals surface area contributed by atoms with Crippen LogP contribution in [0.15, 0.2) is 53.1 Å². The summed E-state index contributed by atoms with van der Waals surface area (Å²) in [5.41, 5.74) is 2.48. The molecule has 1 aliphatic heterocycles. The molecule has 0 fully saturated rings. The van der Waals surface area contributed by atoms with Gasteiger partial charge in [0.2, 0.25) is 0 Å². The highest BCUT2D eigenvalue weighted by molar-refractivity contribution is 6.32. The molecule has 6 nitrogen and oxygen atoms in total. The third-order valence-electron chi connectivity index (χ3n) is 4.11. The summed E-state index contributed by atoms with van der Waals surface area (Å²) in [6.07, 6.45) is 1.74. The molecule has 2 aromatic carbocycles. The third kappa shape index (κ3) is 3.13. The molecule has 0 unspecified atom stereocenters. The first kappa shape index (κ1) is 17.5. The van der Waals surface area contributed by atoms with Crippen molar-refractivity contribution in [1.29, 1.82) is 0 Å². The van der Waals surface area contributed by atoms with E-state index in [-0.39, 0.29) is 5.91 Å². The molecule has 1 aliphatic rings.